The van der Waals surface area contributed by atoms with Crippen LogP contribution in [-0.2, 0) is 13.5 Å². The number of hydrogen-bond donors (Lipinski definition) is 1. The van der Waals surface area contributed by atoms with Crippen molar-refractivity contribution < 1.29 is 0 Å². The van der Waals surface area contributed by atoms with Gasteiger partial charge in [0.15, 0.2) is 0 Å². The zero-order chi connectivity index (χ0) is 12.8. The van der Waals surface area contributed by atoms with E-state index in [-0.39, 0.29) is 5.54 Å². The fourth-order valence-corrected chi connectivity index (χ4v) is 3.55. The first-order valence-corrected chi connectivity index (χ1v) is 6.99. The molecule has 3 nitrogen and oxygen atoms in total. The second-order valence-electron chi connectivity index (χ2n) is 6.35. The van der Waals surface area contributed by atoms with Crippen LogP contribution in [0.5, 0.6) is 0 Å². The minimum Gasteiger partial charge on any atom is -0.325 e. The van der Waals surface area contributed by atoms with Crippen molar-refractivity contribution in [1.29, 1.82) is 0 Å². The molecule has 1 aromatic heterocycles. The smallest absolute Gasteiger partial charge is 0.0738 e. The standard InChI is InChI=1S/C13H22BrN3/c1-9-11(14)10(17(4)16-9)7-13(15)6-5-12(2,3)8-13/h5-8,15H2,1-4H3. The molecule has 1 aliphatic carbocycles. The summed E-state index contributed by atoms with van der Waals surface area (Å²) in [6.45, 7) is 6.64. The van der Waals surface area contributed by atoms with Crippen molar-refractivity contribution in [1.82, 2.24) is 9.78 Å². The molecule has 0 saturated heterocycles. The van der Waals surface area contributed by atoms with Crippen LogP contribution in [0, 0.1) is 12.3 Å². The predicted molar refractivity (Wildman–Crippen MR) is 73.9 cm³/mol. The molecule has 1 atom stereocenters. The number of halogens is 1. The molecule has 1 saturated carbocycles. The van der Waals surface area contributed by atoms with Crippen molar-refractivity contribution in [2.24, 2.45) is 18.2 Å². The van der Waals surface area contributed by atoms with Crippen molar-refractivity contribution in [2.75, 3.05) is 0 Å². The molecular weight excluding hydrogens is 278 g/mol. The Bertz CT molecular complexity index is 436. The number of nitrogens with two attached hydrogens (primary N) is 1. The molecule has 2 rings (SSSR count). The molecule has 1 aromatic rings. The maximum absolute atomic E-state index is 6.55. The Kier molecular flexibility index (Phi) is 3.15. The molecule has 17 heavy (non-hydrogen) atoms. The molecule has 1 unspecified atom stereocenters. The van der Waals surface area contributed by atoms with Crippen molar-refractivity contribution in [3.63, 3.8) is 0 Å². The Morgan fingerprint density at radius 1 is 1.41 bits per heavy atom. The van der Waals surface area contributed by atoms with Crippen LogP contribution in [0.2, 0.25) is 0 Å². The first kappa shape index (κ1) is 13.1. The van der Waals surface area contributed by atoms with Crippen molar-refractivity contribution in [3.8, 4) is 0 Å². The fraction of sp³-hybridized carbons (Fsp3) is 0.769. The van der Waals surface area contributed by atoms with E-state index in [1.54, 1.807) is 0 Å². The lowest BCUT2D eigenvalue weighted by Gasteiger charge is -2.26. The summed E-state index contributed by atoms with van der Waals surface area (Å²) in [4.78, 5) is 0. The van der Waals surface area contributed by atoms with Gasteiger partial charge in [0.2, 0.25) is 0 Å². The van der Waals surface area contributed by atoms with Crippen LogP contribution in [0.25, 0.3) is 0 Å². The van der Waals surface area contributed by atoms with Crippen molar-refractivity contribution >= 4 is 15.9 Å². The molecule has 0 bridgehead atoms. The molecule has 96 valence electrons. The molecule has 0 aliphatic heterocycles. The summed E-state index contributed by atoms with van der Waals surface area (Å²) in [5, 5.41) is 4.43. The second-order valence-corrected chi connectivity index (χ2v) is 7.14. The molecule has 2 N–H and O–H groups in total. The molecule has 1 heterocycles. The van der Waals surface area contributed by atoms with Gasteiger partial charge >= 0.3 is 0 Å². The van der Waals surface area contributed by atoms with Crippen LogP contribution >= 0.6 is 15.9 Å². The Morgan fingerprint density at radius 2 is 2.06 bits per heavy atom. The van der Waals surface area contributed by atoms with Gasteiger partial charge in [0.1, 0.15) is 0 Å². The van der Waals surface area contributed by atoms with Crippen LogP contribution in [0.4, 0.5) is 0 Å². The van der Waals surface area contributed by atoms with Crippen LogP contribution in [0.15, 0.2) is 4.47 Å². The second kappa shape index (κ2) is 4.09. The summed E-state index contributed by atoms with van der Waals surface area (Å²) >= 11 is 3.62. The van der Waals surface area contributed by atoms with E-state index in [2.05, 4.69) is 34.9 Å². The molecule has 0 radical (unpaired) electrons. The third-order valence-electron chi connectivity index (χ3n) is 3.91. The molecule has 4 heteroatoms. The van der Waals surface area contributed by atoms with E-state index in [1.807, 2.05) is 18.7 Å². The van der Waals surface area contributed by atoms with Crippen LogP contribution in [0.3, 0.4) is 0 Å². The normalized spacial score (nSPS) is 27.6. The lowest BCUT2D eigenvalue weighted by atomic mass is 9.86. The zero-order valence-corrected chi connectivity index (χ0v) is 12.8. The van der Waals surface area contributed by atoms with Crippen LogP contribution < -0.4 is 5.73 Å². The summed E-state index contributed by atoms with van der Waals surface area (Å²) in [5.41, 5.74) is 9.14. The highest BCUT2D eigenvalue weighted by atomic mass is 79.9. The van der Waals surface area contributed by atoms with Gasteiger partial charge in [-0.1, -0.05) is 13.8 Å². The van der Waals surface area contributed by atoms with E-state index in [0.717, 1.165) is 29.4 Å². The third kappa shape index (κ3) is 2.58. The summed E-state index contributed by atoms with van der Waals surface area (Å²) in [5.74, 6) is 0. The first-order valence-electron chi connectivity index (χ1n) is 6.19. The molecule has 0 aromatic carbocycles. The summed E-state index contributed by atoms with van der Waals surface area (Å²) in [6, 6.07) is 0. The quantitative estimate of drug-likeness (QED) is 0.912. The average Bonchev–Trinajstić information content (AvgIpc) is 2.59. The fourth-order valence-electron chi connectivity index (χ4n) is 3.07. The van der Waals surface area contributed by atoms with E-state index in [4.69, 9.17) is 5.73 Å². The van der Waals surface area contributed by atoms with E-state index in [0.29, 0.717) is 5.41 Å². The van der Waals surface area contributed by atoms with E-state index >= 15 is 0 Å². The molecule has 1 aliphatic rings. The molecule has 1 fully saturated rings. The summed E-state index contributed by atoms with van der Waals surface area (Å²) < 4.78 is 3.08. The topological polar surface area (TPSA) is 43.8 Å². The van der Waals surface area contributed by atoms with Crippen LogP contribution in [0.1, 0.15) is 44.5 Å². The van der Waals surface area contributed by atoms with Crippen molar-refractivity contribution in [3.05, 3.63) is 15.9 Å². The van der Waals surface area contributed by atoms with Gasteiger partial charge in [-0.05, 0) is 47.5 Å². The minimum absolute atomic E-state index is 0.0632. The lowest BCUT2D eigenvalue weighted by molar-refractivity contribution is 0.331. The molecular formula is C13H22BrN3. The Hall–Kier alpha value is -0.350. The van der Waals surface area contributed by atoms with Gasteiger partial charge in [0.05, 0.1) is 15.9 Å². The number of nitrogens with zero attached hydrogens (tertiary/aromatic N) is 2. The lowest BCUT2D eigenvalue weighted by Crippen LogP contribution is -2.40. The summed E-state index contributed by atoms with van der Waals surface area (Å²) in [6.07, 6.45) is 4.33. The van der Waals surface area contributed by atoms with Gasteiger partial charge in [0, 0.05) is 19.0 Å². The third-order valence-corrected chi connectivity index (χ3v) is 4.94. The van der Waals surface area contributed by atoms with E-state index in [9.17, 15) is 0 Å². The average molecular weight is 300 g/mol. The summed E-state index contributed by atoms with van der Waals surface area (Å²) in [7, 11) is 2.00. The maximum atomic E-state index is 6.55. The highest BCUT2D eigenvalue weighted by molar-refractivity contribution is 9.10. The maximum Gasteiger partial charge on any atom is 0.0738 e. The van der Waals surface area contributed by atoms with E-state index in [1.165, 1.54) is 12.1 Å². The Labute approximate surface area is 112 Å². The number of aryl methyl sites for hydroxylation is 2. The van der Waals surface area contributed by atoms with Gasteiger partial charge in [0.25, 0.3) is 0 Å². The van der Waals surface area contributed by atoms with Gasteiger partial charge in [-0.15, -0.1) is 0 Å². The predicted octanol–water partition coefficient (Wildman–Crippen LogP) is 2.94. The molecule has 0 amide bonds. The highest BCUT2D eigenvalue weighted by Gasteiger charge is 2.41. The molecule has 0 spiro atoms. The largest absolute Gasteiger partial charge is 0.325 e. The highest BCUT2D eigenvalue weighted by Crippen LogP contribution is 2.44. The number of hydrogen-bond acceptors (Lipinski definition) is 2. The Morgan fingerprint density at radius 3 is 2.47 bits per heavy atom. The number of rotatable bonds is 2. The van der Waals surface area contributed by atoms with Gasteiger partial charge < -0.3 is 5.73 Å². The van der Waals surface area contributed by atoms with E-state index < -0.39 is 0 Å². The minimum atomic E-state index is -0.0632. The SMILES string of the molecule is Cc1nn(C)c(CC2(N)CCC(C)(C)C2)c1Br. The van der Waals surface area contributed by atoms with Crippen molar-refractivity contribution in [2.45, 2.75) is 52.0 Å². The van der Waals surface area contributed by atoms with Gasteiger partial charge in [-0.25, -0.2) is 0 Å². The monoisotopic (exact) mass is 299 g/mol. The number of aromatic nitrogens is 2. The Balaban J connectivity index is 2.22. The van der Waals surface area contributed by atoms with Gasteiger partial charge in [-0.2, -0.15) is 5.10 Å². The van der Waals surface area contributed by atoms with Crippen LogP contribution in [-0.4, -0.2) is 15.3 Å². The zero-order valence-electron chi connectivity index (χ0n) is 11.2. The van der Waals surface area contributed by atoms with Gasteiger partial charge in [-0.3, -0.25) is 4.68 Å². The first-order chi connectivity index (χ1) is 7.72.